The molecular formula is C19H25N3O3S. The fourth-order valence-corrected chi connectivity index (χ4v) is 3.67. The van der Waals surface area contributed by atoms with Crippen LogP contribution in [0.15, 0.2) is 65.6 Å². The van der Waals surface area contributed by atoms with Crippen molar-refractivity contribution < 1.29 is 13.2 Å². The molecule has 26 heavy (non-hydrogen) atoms. The third-order valence-corrected chi connectivity index (χ3v) is 5.50. The number of amides is 1. The van der Waals surface area contributed by atoms with Crippen LogP contribution in [0.4, 0.5) is 5.69 Å². The lowest BCUT2D eigenvalue weighted by Gasteiger charge is -2.19. The van der Waals surface area contributed by atoms with Crippen LogP contribution in [0, 0.1) is 0 Å². The smallest absolute Gasteiger partial charge is 0.241 e. The second kappa shape index (κ2) is 9.35. The molecule has 0 saturated carbocycles. The zero-order chi connectivity index (χ0) is 19.0. The zero-order valence-corrected chi connectivity index (χ0v) is 15.9. The maximum absolute atomic E-state index is 12.2. The predicted molar refractivity (Wildman–Crippen MR) is 104 cm³/mol. The van der Waals surface area contributed by atoms with Gasteiger partial charge in [0.05, 0.1) is 10.9 Å². The first kappa shape index (κ1) is 19.9. The number of anilines is 1. The summed E-state index contributed by atoms with van der Waals surface area (Å²) in [6, 6.07) is 17.1. The summed E-state index contributed by atoms with van der Waals surface area (Å²) in [4.78, 5) is 14.4. The van der Waals surface area contributed by atoms with Crippen LogP contribution in [0.1, 0.15) is 13.3 Å². The minimum absolute atomic E-state index is 0.143. The Balaban J connectivity index is 1.75. The maximum Gasteiger partial charge on any atom is 0.241 e. The van der Waals surface area contributed by atoms with Crippen LogP contribution < -0.4 is 14.9 Å². The summed E-state index contributed by atoms with van der Waals surface area (Å²) in [5, 5.41) is 2.77. The number of nitrogens with zero attached hydrogens (tertiary/aromatic N) is 1. The molecule has 0 saturated heterocycles. The van der Waals surface area contributed by atoms with E-state index in [9.17, 15) is 13.2 Å². The number of carbonyl (C=O) groups excluding carboxylic acids is 1. The number of rotatable bonds is 9. The Labute approximate surface area is 155 Å². The highest BCUT2D eigenvalue weighted by Gasteiger charge is 2.21. The zero-order valence-electron chi connectivity index (χ0n) is 15.1. The van der Waals surface area contributed by atoms with E-state index >= 15 is 0 Å². The Hall–Kier alpha value is -2.38. The van der Waals surface area contributed by atoms with Crippen molar-refractivity contribution in [2.45, 2.75) is 24.3 Å². The van der Waals surface area contributed by atoms with Crippen molar-refractivity contribution in [2.75, 3.05) is 25.0 Å². The van der Waals surface area contributed by atoms with Gasteiger partial charge in [-0.2, -0.15) is 4.72 Å². The molecule has 0 aromatic heterocycles. The van der Waals surface area contributed by atoms with E-state index in [1.165, 1.54) is 19.1 Å². The SMILES string of the molecule is C[C@H](NS(=O)(=O)c1ccccc1)C(=O)NCCCN(C)c1ccccc1. The quantitative estimate of drug-likeness (QED) is 0.657. The lowest BCUT2D eigenvalue weighted by molar-refractivity contribution is -0.122. The molecule has 2 N–H and O–H groups in total. The van der Waals surface area contributed by atoms with Gasteiger partial charge in [-0.3, -0.25) is 4.79 Å². The Morgan fingerprint density at radius 2 is 1.62 bits per heavy atom. The monoisotopic (exact) mass is 375 g/mol. The molecule has 7 heteroatoms. The van der Waals surface area contributed by atoms with Gasteiger partial charge in [0.1, 0.15) is 0 Å². The minimum Gasteiger partial charge on any atom is -0.375 e. The summed E-state index contributed by atoms with van der Waals surface area (Å²) < 4.78 is 26.8. The molecule has 0 unspecified atom stereocenters. The van der Waals surface area contributed by atoms with Gasteiger partial charge in [-0.15, -0.1) is 0 Å². The summed E-state index contributed by atoms with van der Waals surface area (Å²) in [6.45, 7) is 2.80. The number of para-hydroxylation sites is 1. The first-order valence-corrected chi connectivity index (χ1v) is 10.00. The molecule has 0 aliphatic rings. The topological polar surface area (TPSA) is 78.5 Å². The number of hydrogen-bond acceptors (Lipinski definition) is 4. The Morgan fingerprint density at radius 3 is 2.23 bits per heavy atom. The van der Waals surface area contributed by atoms with E-state index in [1.54, 1.807) is 18.2 Å². The van der Waals surface area contributed by atoms with Gasteiger partial charge >= 0.3 is 0 Å². The third-order valence-electron chi connectivity index (χ3n) is 3.95. The molecule has 0 spiro atoms. The van der Waals surface area contributed by atoms with E-state index in [1.807, 2.05) is 37.4 Å². The van der Waals surface area contributed by atoms with Gasteiger partial charge in [0, 0.05) is 25.8 Å². The number of nitrogens with one attached hydrogen (secondary N) is 2. The van der Waals surface area contributed by atoms with Crippen molar-refractivity contribution in [2.24, 2.45) is 0 Å². The predicted octanol–water partition coefficient (Wildman–Crippen LogP) is 2.00. The van der Waals surface area contributed by atoms with Crippen LogP contribution >= 0.6 is 0 Å². The van der Waals surface area contributed by atoms with Crippen molar-refractivity contribution in [1.29, 1.82) is 0 Å². The summed E-state index contributed by atoms with van der Waals surface area (Å²) in [7, 11) is -1.71. The molecular weight excluding hydrogens is 350 g/mol. The van der Waals surface area contributed by atoms with Gasteiger partial charge in [0.2, 0.25) is 15.9 Å². The van der Waals surface area contributed by atoms with Crippen LogP contribution in [-0.2, 0) is 14.8 Å². The molecule has 0 radical (unpaired) electrons. The Bertz CT molecular complexity index is 795. The minimum atomic E-state index is -3.70. The van der Waals surface area contributed by atoms with Crippen molar-refractivity contribution in [3.63, 3.8) is 0 Å². The second-order valence-electron chi connectivity index (χ2n) is 6.06. The molecule has 1 atom stereocenters. The number of carbonyl (C=O) groups is 1. The highest BCUT2D eigenvalue weighted by atomic mass is 32.2. The van der Waals surface area contributed by atoms with E-state index < -0.39 is 16.1 Å². The molecule has 0 heterocycles. The molecule has 0 fully saturated rings. The Kier molecular flexibility index (Phi) is 7.17. The van der Waals surface area contributed by atoms with Crippen LogP contribution in [-0.4, -0.2) is 40.5 Å². The second-order valence-corrected chi connectivity index (χ2v) is 7.77. The van der Waals surface area contributed by atoms with Crippen molar-refractivity contribution >= 4 is 21.6 Å². The van der Waals surface area contributed by atoms with E-state index in [4.69, 9.17) is 0 Å². The van der Waals surface area contributed by atoms with Gasteiger partial charge in [-0.05, 0) is 37.6 Å². The van der Waals surface area contributed by atoms with E-state index in [2.05, 4.69) is 14.9 Å². The average Bonchev–Trinajstić information content (AvgIpc) is 2.66. The molecule has 140 valence electrons. The molecule has 0 aliphatic heterocycles. The molecule has 2 aromatic carbocycles. The van der Waals surface area contributed by atoms with E-state index in [0.29, 0.717) is 6.54 Å². The van der Waals surface area contributed by atoms with Crippen molar-refractivity contribution in [1.82, 2.24) is 10.0 Å². The van der Waals surface area contributed by atoms with Gasteiger partial charge in [0.15, 0.2) is 0 Å². The lowest BCUT2D eigenvalue weighted by Crippen LogP contribution is -2.45. The largest absolute Gasteiger partial charge is 0.375 e. The highest BCUT2D eigenvalue weighted by molar-refractivity contribution is 7.89. The molecule has 0 bridgehead atoms. The molecule has 0 aliphatic carbocycles. The van der Waals surface area contributed by atoms with Crippen molar-refractivity contribution in [3.8, 4) is 0 Å². The first-order chi connectivity index (χ1) is 12.4. The third kappa shape index (κ3) is 5.86. The summed E-state index contributed by atoms with van der Waals surface area (Å²) in [5.74, 6) is -0.341. The van der Waals surface area contributed by atoms with Crippen LogP contribution in [0.5, 0.6) is 0 Å². The molecule has 2 aromatic rings. The fraction of sp³-hybridized carbons (Fsp3) is 0.316. The van der Waals surface area contributed by atoms with Crippen LogP contribution in [0.25, 0.3) is 0 Å². The van der Waals surface area contributed by atoms with Crippen molar-refractivity contribution in [3.05, 3.63) is 60.7 Å². The van der Waals surface area contributed by atoms with E-state index in [-0.39, 0.29) is 10.8 Å². The molecule has 1 amide bonds. The van der Waals surface area contributed by atoms with E-state index in [0.717, 1.165) is 18.7 Å². The average molecular weight is 375 g/mol. The first-order valence-electron chi connectivity index (χ1n) is 8.51. The van der Waals surface area contributed by atoms with Gasteiger partial charge in [-0.25, -0.2) is 8.42 Å². The number of benzene rings is 2. The van der Waals surface area contributed by atoms with Gasteiger partial charge in [0.25, 0.3) is 0 Å². The Morgan fingerprint density at radius 1 is 1.04 bits per heavy atom. The summed E-state index contributed by atoms with van der Waals surface area (Å²) in [5.41, 5.74) is 1.11. The highest BCUT2D eigenvalue weighted by Crippen LogP contribution is 2.11. The molecule has 2 rings (SSSR count). The number of hydrogen-bond donors (Lipinski definition) is 2. The van der Waals surface area contributed by atoms with Crippen LogP contribution in [0.3, 0.4) is 0 Å². The van der Waals surface area contributed by atoms with Crippen LogP contribution in [0.2, 0.25) is 0 Å². The summed E-state index contributed by atoms with van der Waals surface area (Å²) >= 11 is 0. The molecule has 6 nitrogen and oxygen atoms in total. The normalized spacial score (nSPS) is 12.4. The maximum atomic E-state index is 12.2. The van der Waals surface area contributed by atoms with Gasteiger partial charge < -0.3 is 10.2 Å². The van der Waals surface area contributed by atoms with Gasteiger partial charge in [-0.1, -0.05) is 36.4 Å². The fourth-order valence-electron chi connectivity index (χ4n) is 2.45. The lowest BCUT2D eigenvalue weighted by atomic mass is 10.3. The standard InChI is InChI=1S/C19H25N3O3S/c1-16(21-26(24,25)18-12-7-4-8-13-18)19(23)20-14-9-15-22(2)17-10-5-3-6-11-17/h3-8,10-13,16,21H,9,14-15H2,1-2H3,(H,20,23)/t16-/m0/s1. The number of sulfonamides is 1. The summed E-state index contributed by atoms with van der Waals surface area (Å²) in [6.07, 6.45) is 0.759.